The molecule has 2 aromatic carbocycles. The largest absolute Gasteiger partial charge is 0.377 e. The van der Waals surface area contributed by atoms with Gasteiger partial charge in [0.1, 0.15) is 4.90 Å². The molecule has 0 saturated heterocycles. The normalized spacial score (nSPS) is 11.6. The maximum absolute atomic E-state index is 12.1. The highest BCUT2D eigenvalue weighted by Gasteiger charge is 2.18. The number of H-pyrrole nitrogens is 1. The van der Waals surface area contributed by atoms with Gasteiger partial charge < -0.3 is 9.17 Å². The molecule has 0 saturated carbocycles. The van der Waals surface area contributed by atoms with Crippen molar-refractivity contribution in [3.05, 3.63) is 60.8 Å². The van der Waals surface area contributed by atoms with Gasteiger partial charge in [-0.1, -0.05) is 30.3 Å². The molecule has 3 aromatic rings. The minimum atomic E-state index is -3.79. The summed E-state index contributed by atoms with van der Waals surface area (Å²) in [6.07, 6.45) is 1.55. The summed E-state index contributed by atoms with van der Waals surface area (Å²) in [6, 6.07) is 15.4. The Bertz CT molecular complexity index is 807. The van der Waals surface area contributed by atoms with Crippen molar-refractivity contribution in [2.24, 2.45) is 0 Å². The van der Waals surface area contributed by atoms with Gasteiger partial charge in [0.25, 0.3) is 0 Å². The van der Waals surface area contributed by atoms with E-state index in [2.05, 4.69) is 4.98 Å². The van der Waals surface area contributed by atoms with Crippen LogP contribution in [0.2, 0.25) is 0 Å². The van der Waals surface area contributed by atoms with Crippen molar-refractivity contribution in [2.75, 3.05) is 0 Å². The minimum absolute atomic E-state index is 0.139. The Labute approximate surface area is 110 Å². The van der Waals surface area contributed by atoms with E-state index >= 15 is 0 Å². The van der Waals surface area contributed by atoms with Gasteiger partial charge in [-0.15, -0.1) is 0 Å². The Morgan fingerprint density at radius 1 is 0.895 bits per heavy atom. The van der Waals surface area contributed by atoms with E-state index in [1.165, 1.54) is 12.1 Å². The van der Waals surface area contributed by atoms with Crippen molar-refractivity contribution in [1.29, 1.82) is 0 Å². The number of aromatic amines is 1. The second-order valence-corrected chi connectivity index (χ2v) is 5.60. The van der Waals surface area contributed by atoms with Crippen molar-refractivity contribution < 1.29 is 12.6 Å². The third-order valence-electron chi connectivity index (χ3n) is 2.78. The molecule has 0 aliphatic heterocycles. The molecule has 96 valence electrons. The highest BCUT2D eigenvalue weighted by molar-refractivity contribution is 7.87. The van der Waals surface area contributed by atoms with Gasteiger partial charge >= 0.3 is 10.1 Å². The van der Waals surface area contributed by atoms with Gasteiger partial charge in [-0.05, 0) is 24.3 Å². The predicted octanol–water partition coefficient (Wildman–Crippen LogP) is 2.94. The van der Waals surface area contributed by atoms with E-state index in [0.29, 0.717) is 5.75 Å². The maximum atomic E-state index is 12.1. The number of hydrogen-bond donors (Lipinski definition) is 1. The van der Waals surface area contributed by atoms with E-state index in [-0.39, 0.29) is 4.90 Å². The van der Waals surface area contributed by atoms with E-state index in [0.717, 1.165) is 10.9 Å². The van der Waals surface area contributed by atoms with E-state index in [1.54, 1.807) is 24.4 Å². The molecule has 1 heterocycles. The van der Waals surface area contributed by atoms with Crippen molar-refractivity contribution in [3.63, 3.8) is 0 Å². The topological polar surface area (TPSA) is 59.2 Å². The number of benzene rings is 2. The molecule has 0 atom stereocenters. The summed E-state index contributed by atoms with van der Waals surface area (Å²) in [5, 5.41) is 0.738. The third-order valence-corrected chi connectivity index (χ3v) is 4.03. The molecule has 3 rings (SSSR count). The van der Waals surface area contributed by atoms with Crippen LogP contribution in [-0.4, -0.2) is 13.4 Å². The van der Waals surface area contributed by atoms with Gasteiger partial charge in [0.15, 0.2) is 5.75 Å². The summed E-state index contributed by atoms with van der Waals surface area (Å²) in [5.74, 6) is 0.305. The van der Waals surface area contributed by atoms with Gasteiger partial charge in [0.2, 0.25) is 0 Å². The average molecular weight is 273 g/mol. The molecule has 0 unspecified atom stereocenters. The molecule has 0 amide bonds. The number of fused-ring (bicyclic) bond motifs is 1. The smallest absolute Gasteiger partial charge is 0.339 e. The molecule has 0 fully saturated rings. The molecule has 0 bridgehead atoms. The Balaban J connectivity index is 2.02. The number of rotatable bonds is 3. The SMILES string of the molecule is O=S(=O)(Oc1c[nH]c2ccccc12)c1ccccc1. The standard InChI is InChI=1S/C14H11NO3S/c16-19(17,11-6-2-1-3-7-11)18-14-10-15-13-9-5-4-8-12(13)14/h1-10,15H. The number of para-hydroxylation sites is 1. The zero-order valence-electron chi connectivity index (χ0n) is 9.91. The van der Waals surface area contributed by atoms with E-state index in [9.17, 15) is 8.42 Å². The lowest BCUT2D eigenvalue weighted by atomic mass is 10.2. The lowest BCUT2D eigenvalue weighted by Crippen LogP contribution is -2.09. The molecular weight excluding hydrogens is 262 g/mol. The van der Waals surface area contributed by atoms with Crippen LogP contribution in [0.3, 0.4) is 0 Å². The number of aromatic nitrogens is 1. The fourth-order valence-corrected chi connectivity index (χ4v) is 2.83. The lowest BCUT2D eigenvalue weighted by Gasteiger charge is -2.05. The minimum Gasteiger partial charge on any atom is -0.377 e. The third kappa shape index (κ3) is 2.20. The molecule has 0 radical (unpaired) electrons. The summed E-state index contributed by atoms with van der Waals surface area (Å²) in [6.45, 7) is 0. The first-order chi connectivity index (χ1) is 9.17. The van der Waals surface area contributed by atoms with Crippen molar-refractivity contribution in [1.82, 2.24) is 4.98 Å². The summed E-state index contributed by atoms with van der Waals surface area (Å²) < 4.78 is 29.4. The molecule has 5 heteroatoms. The maximum Gasteiger partial charge on any atom is 0.339 e. The average Bonchev–Trinajstić information content (AvgIpc) is 2.83. The van der Waals surface area contributed by atoms with E-state index in [4.69, 9.17) is 4.18 Å². The second-order valence-electron chi connectivity index (χ2n) is 4.05. The monoisotopic (exact) mass is 273 g/mol. The van der Waals surface area contributed by atoms with Crippen molar-refractivity contribution in [3.8, 4) is 5.75 Å². The fraction of sp³-hybridized carbons (Fsp3) is 0. The van der Waals surface area contributed by atoms with E-state index in [1.807, 2.05) is 24.3 Å². The summed E-state index contributed by atoms with van der Waals surface area (Å²) >= 11 is 0. The highest BCUT2D eigenvalue weighted by Crippen LogP contribution is 2.27. The Hall–Kier alpha value is -2.27. The van der Waals surface area contributed by atoms with Crippen molar-refractivity contribution >= 4 is 21.0 Å². The van der Waals surface area contributed by atoms with Crippen molar-refractivity contribution in [2.45, 2.75) is 4.90 Å². The molecule has 0 aliphatic rings. The molecule has 0 aliphatic carbocycles. The van der Waals surface area contributed by atoms with Crippen LogP contribution in [0.5, 0.6) is 5.75 Å². The van der Waals surface area contributed by atoms with Gasteiger partial charge in [0.05, 0.1) is 0 Å². The second kappa shape index (κ2) is 4.44. The van der Waals surface area contributed by atoms with Crippen LogP contribution >= 0.6 is 0 Å². The van der Waals surface area contributed by atoms with E-state index < -0.39 is 10.1 Å². The van der Waals surface area contributed by atoms with Crippen LogP contribution < -0.4 is 4.18 Å². The summed E-state index contributed by atoms with van der Waals surface area (Å²) in [5.41, 5.74) is 0.834. The van der Waals surface area contributed by atoms with Gasteiger partial charge in [-0.2, -0.15) is 8.42 Å². The quantitative estimate of drug-likeness (QED) is 0.746. The molecule has 19 heavy (non-hydrogen) atoms. The zero-order chi connectivity index (χ0) is 13.3. The predicted molar refractivity (Wildman–Crippen MR) is 72.6 cm³/mol. The van der Waals surface area contributed by atoms with Crippen LogP contribution in [0.1, 0.15) is 0 Å². The van der Waals surface area contributed by atoms with Crippen LogP contribution in [-0.2, 0) is 10.1 Å². The van der Waals surface area contributed by atoms with Crippen LogP contribution in [0.25, 0.3) is 10.9 Å². The fourth-order valence-electron chi connectivity index (χ4n) is 1.87. The first kappa shape index (κ1) is 11.8. The highest BCUT2D eigenvalue weighted by atomic mass is 32.2. The lowest BCUT2D eigenvalue weighted by molar-refractivity contribution is 0.488. The number of hydrogen-bond acceptors (Lipinski definition) is 3. The molecule has 1 aromatic heterocycles. The summed E-state index contributed by atoms with van der Waals surface area (Å²) in [4.78, 5) is 3.11. The molecular formula is C14H11NO3S. The zero-order valence-corrected chi connectivity index (χ0v) is 10.7. The first-order valence-corrected chi connectivity index (χ1v) is 7.13. The van der Waals surface area contributed by atoms with Gasteiger partial charge in [-0.3, -0.25) is 0 Å². The summed E-state index contributed by atoms with van der Waals surface area (Å²) in [7, 11) is -3.79. The van der Waals surface area contributed by atoms with Crippen LogP contribution in [0, 0.1) is 0 Å². The molecule has 4 nitrogen and oxygen atoms in total. The van der Waals surface area contributed by atoms with Crippen LogP contribution in [0.15, 0.2) is 65.7 Å². The Morgan fingerprint density at radius 2 is 1.58 bits per heavy atom. The Morgan fingerprint density at radius 3 is 2.37 bits per heavy atom. The van der Waals surface area contributed by atoms with Gasteiger partial charge in [-0.25, -0.2) is 0 Å². The van der Waals surface area contributed by atoms with Crippen LogP contribution in [0.4, 0.5) is 0 Å². The Kier molecular flexibility index (Phi) is 2.76. The molecule has 0 spiro atoms. The molecule has 1 N–H and O–H groups in total. The van der Waals surface area contributed by atoms with Gasteiger partial charge in [0, 0.05) is 17.1 Å². The number of nitrogens with one attached hydrogen (secondary N) is 1. The first-order valence-electron chi connectivity index (χ1n) is 5.72.